The number of hydrogen-bond donors (Lipinski definition) is 1. The van der Waals surface area contributed by atoms with Crippen molar-refractivity contribution in [2.24, 2.45) is 41.2 Å². The normalized spacial score (nSPS) is 48.5. The molecule has 110 valence electrons. The number of allylic oxidation sites excluding steroid dienone is 2. The number of alkyl halides is 1. The van der Waals surface area contributed by atoms with Gasteiger partial charge in [0.1, 0.15) is 0 Å². The van der Waals surface area contributed by atoms with Gasteiger partial charge in [-0.25, -0.2) is 0 Å². The molecule has 2 rings (SSSR count). The zero-order valence-electron chi connectivity index (χ0n) is 12.9. The lowest BCUT2D eigenvalue weighted by molar-refractivity contribution is 0.352. The van der Waals surface area contributed by atoms with E-state index < -0.39 is 0 Å². The zero-order chi connectivity index (χ0) is 14.2. The lowest BCUT2D eigenvalue weighted by Gasteiger charge is -2.27. The molecule has 0 aliphatic heterocycles. The summed E-state index contributed by atoms with van der Waals surface area (Å²) in [5.74, 6) is 4.38. The molecule has 0 heterocycles. The summed E-state index contributed by atoms with van der Waals surface area (Å²) in [4.78, 5) is 0. The van der Waals surface area contributed by atoms with Crippen LogP contribution >= 0.6 is 11.6 Å². The Bertz CT molecular complexity index is 316. The van der Waals surface area contributed by atoms with Crippen LogP contribution in [0.25, 0.3) is 0 Å². The van der Waals surface area contributed by atoms with E-state index in [1.807, 2.05) is 0 Å². The molecule has 0 radical (unpaired) electrons. The first kappa shape index (κ1) is 15.2. The van der Waals surface area contributed by atoms with Gasteiger partial charge in [0.2, 0.25) is 0 Å². The van der Waals surface area contributed by atoms with E-state index in [1.54, 1.807) is 0 Å². The number of halogens is 1. The van der Waals surface area contributed by atoms with Crippen LogP contribution in [0, 0.1) is 35.5 Å². The highest BCUT2D eigenvalue weighted by atomic mass is 35.5. The molecule has 2 heteroatoms. The summed E-state index contributed by atoms with van der Waals surface area (Å²) in [6.07, 6.45) is 7.02. The lowest BCUT2D eigenvalue weighted by Crippen LogP contribution is -2.22. The standard InChI is InChI=1S/C17H30ClN/c1-10-11(2)13(4)16(12(10)3)9-17(19)14-5-7-15(18)8-6-14/h9-16H,5-8,19H2,1-4H3/b17-9-/t10?,11?,12-,13?,14?,15?,16?/m0/s1. The second kappa shape index (κ2) is 6.08. The zero-order valence-corrected chi connectivity index (χ0v) is 13.7. The third kappa shape index (κ3) is 3.12. The fraction of sp³-hybridized carbons (Fsp3) is 0.882. The van der Waals surface area contributed by atoms with E-state index in [-0.39, 0.29) is 0 Å². The van der Waals surface area contributed by atoms with Gasteiger partial charge >= 0.3 is 0 Å². The monoisotopic (exact) mass is 283 g/mol. The molecule has 2 fully saturated rings. The predicted octanol–water partition coefficient (Wildman–Crippen LogP) is 4.80. The van der Waals surface area contributed by atoms with Crippen LogP contribution in [0.4, 0.5) is 0 Å². The summed E-state index contributed by atoms with van der Waals surface area (Å²) in [6.45, 7) is 9.59. The molecule has 0 aromatic carbocycles. The summed E-state index contributed by atoms with van der Waals surface area (Å²) in [7, 11) is 0. The topological polar surface area (TPSA) is 26.0 Å². The highest BCUT2D eigenvalue weighted by molar-refractivity contribution is 6.20. The fourth-order valence-corrected chi connectivity index (χ4v) is 4.44. The van der Waals surface area contributed by atoms with Crippen molar-refractivity contribution < 1.29 is 0 Å². The number of nitrogens with two attached hydrogens (primary N) is 1. The maximum atomic E-state index is 6.41. The number of hydrogen-bond acceptors (Lipinski definition) is 1. The Hall–Kier alpha value is -0.170. The van der Waals surface area contributed by atoms with E-state index >= 15 is 0 Å². The molecule has 4 unspecified atom stereocenters. The second-order valence-corrected chi connectivity index (χ2v) is 7.75. The molecular formula is C17H30ClN. The molecule has 5 atom stereocenters. The van der Waals surface area contributed by atoms with Crippen LogP contribution in [0.15, 0.2) is 11.8 Å². The summed E-state index contributed by atoms with van der Waals surface area (Å²) in [6, 6.07) is 0. The van der Waals surface area contributed by atoms with Crippen LogP contribution in [0.5, 0.6) is 0 Å². The molecule has 0 aromatic rings. The summed E-state index contributed by atoms with van der Waals surface area (Å²) < 4.78 is 0. The van der Waals surface area contributed by atoms with Gasteiger partial charge in [0.15, 0.2) is 0 Å². The minimum absolute atomic E-state index is 0.383. The van der Waals surface area contributed by atoms with Crippen molar-refractivity contribution in [3.63, 3.8) is 0 Å². The van der Waals surface area contributed by atoms with Crippen LogP contribution < -0.4 is 5.73 Å². The largest absolute Gasteiger partial charge is 0.402 e. The summed E-state index contributed by atoms with van der Waals surface area (Å²) >= 11 is 6.18. The fourth-order valence-electron chi connectivity index (χ4n) is 4.19. The van der Waals surface area contributed by atoms with Gasteiger partial charge in [-0.15, -0.1) is 11.6 Å². The van der Waals surface area contributed by atoms with E-state index in [9.17, 15) is 0 Å². The van der Waals surface area contributed by atoms with Gasteiger partial charge in [0.05, 0.1) is 0 Å². The molecule has 2 saturated carbocycles. The maximum Gasteiger partial charge on any atom is 0.0336 e. The van der Waals surface area contributed by atoms with Gasteiger partial charge in [-0.05, 0) is 61.2 Å². The minimum atomic E-state index is 0.383. The Morgan fingerprint density at radius 2 is 1.37 bits per heavy atom. The van der Waals surface area contributed by atoms with Crippen LogP contribution in [0.2, 0.25) is 0 Å². The quantitative estimate of drug-likeness (QED) is 0.724. The first-order valence-corrected chi connectivity index (χ1v) is 8.46. The Morgan fingerprint density at radius 1 is 0.895 bits per heavy atom. The third-order valence-corrected chi connectivity index (χ3v) is 6.65. The molecular weight excluding hydrogens is 254 g/mol. The van der Waals surface area contributed by atoms with Crippen molar-refractivity contribution in [1.29, 1.82) is 0 Å². The summed E-state index contributed by atoms with van der Waals surface area (Å²) in [5.41, 5.74) is 7.55. The van der Waals surface area contributed by atoms with E-state index in [2.05, 4.69) is 33.8 Å². The second-order valence-electron chi connectivity index (χ2n) is 7.13. The Morgan fingerprint density at radius 3 is 1.84 bits per heavy atom. The van der Waals surface area contributed by atoms with E-state index in [1.165, 1.54) is 12.8 Å². The maximum absolute atomic E-state index is 6.41. The van der Waals surface area contributed by atoms with Gasteiger partial charge in [0, 0.05) is 11.1 Å². The van der Waals surface area contributed by atoms with Crippen molar-refractivity contribution in [1.82, 2.24) is 0 Å². The highest BCUT2D eigenvalue weighted by Gasteiger charge is 2.40. The van der Waals surface area contributed by atoms with Crippen LogP contribution in [-0.2, 0) is 0 Å². The molecule has 19 heavy (non-hydrogen) atoms. The van der Waals surface area contributed by atoms with Crippen molar-refractivity contribution in [3.8, 4) is 0 Å². The van der Waals surface area contributed by atoms with Gasteiger partial charge in [-0.2, -0.15) is 0 Å². The summed E-state index contributed by atoms with van der Waals surface area (Å²) in [5, 5.41) is 0.383. The van der Waals surface area contributed by atoms with Gasteiger partial charge in [0.25, 0.3) is 0 Å². The minimum Gasteiger partial charge on any atom is -0.402 e. The van der Waals surface area contributed by atoms with Crippen LogP contribution in [0.3, 0.4) is 0 Å². The third-order valence-electron chi connectivity index (χ3n) is 6.22. The molecule has 0 amide bonds. The Balaban J connectivity index is 2.04. The number of rotatable bonds is 2. The van der Waals surface area contributed by atoms with Gasteiger partial charge in [-0.3, -0.25) is 0 Å². The SMILES string of the molecule is CC1C(C)C(/C=C(\N)C2CCC(Cl)CC2)[C@@H](C)C1C. The first-order chi connectivity index (χ1) is 8.91. The van der Waals surface area contributed by atoms with Crippen molar-refractivity contribution in [3.05, 3.63) is 11.8 Å². The lowest BCUT2D eigenvalue weighted by atomic mass is 9.82. The highest BCUT2D eigenvalue weighted by Crippen LogP contribution is 2.46. The van der Waals surface area contributed by atoms with Crippen molar-refractivity contribution in [2.45, 2.75) is 58.8 Å². The predicted molar refractivity (Wildman–Crippen MR) is 84.0 cm³/mol. The van der Waals surface area contributed by atoms with Crippen LogP contribution in [-0.4, -0.2) is 5.38 Å². The Labute approximate surface area is 124 Å². The Kier molecular flexibility index (Phi) is 4.87. The molecule has 0 saturated heterocycles. The van der Waals surface area contributed by atoms with E-state index in [4.69, 9.17) is 17.3 Å². The average molecular weight is 284 g/mol. The molecule has 0 bridgehead atoms. The van der Waals surface area contributed by atoms with Crippen LogP contribution in [0.1, 0.15) is 53.4 Å². The van der Waals surface area contributed by atoms with Crippen molar-refractivity contribution in [2.75, 3.05) is 0 Å². The van der Waals surface area contributed by atoms with Gasteiger partial charge in [-0.1, -0.05) is 33.8 Å². The smallest absolute Gasteiger partial charge is 0.0336 e. The average Bonchev–Trinajstić information content (AvgIpc) is 2.57. The first-order valence-electron chi connectivity index (χ1n) is 8.03. The molecule has 0 aromatic heterocycles. The van der Waals surface area contributed by atoms with Crippen molar-refractivity contribution >= 4 is 11.6 Å². The van der Waals surface area contributed by atoms with E-state index in [0.29, 0.717) is 17.2 Å². The molecule has 2 aliphatic rings. The molecule has 1 nitrogen and oxygen atoms in total. The molecule has 2 aliphatic carbocycles. The van der Waals surface area contributed by atoms with E-state index in [0.717, 1.165) is 42.2 Å². The molecule has 2 N–H and O–H groups in total. The van der Waals surface area contributed by atoms with Gasteiger partial charge < -0.3 is 5.73 Å². The molecule has 0 spiro atoms.